The van der Waals surface area contributed by atoms with E-state index in [1.165, 1.54) is 29.0 Å². The van der Waals surface area contributed by atoms with Crippen LogP contribution in [0.5, 0.6) is 0 Å². The monoisotopic (exact) mass is 351 g/mol. The molecule has 0 saturated carbocycles. The molecule has 0 aliphatic heterocycles. The molecular formula is C14H11BrFN3O2. The SMILES string of the molecule is CCn1cc(C#N)c(=O)n(Cc2ccc(F)cc2Br)c1=O. The van der Waals surface area contributed by atoms with Gasteiger partial charge in [-0.05, 0) is 24.6 Å². The van der Waals surface area contributed by atoms with Gasteiger partial charge in [0.05, 0.1) is 6.54 Å². The molecule has 1 heterocycles. The molecule has 1 aromatic carbocycles. The van der Waals surface area contributed by atoms with Gasteiger partial charge in [-0.3, -0.25) is 13.9 Å². The van der Waals surface area contributed by atoms with Gasteiger partial charge < -0.3 is 0 Å². The first-order valence-corrected chi connectivity index (χ1v) is 6.95. The Morgan fingerprint density at radius 3 is 2.67 bits per heavy atom. The highest BCUT2D eigenvalue weighted by Gasteiger charge is 2.12. The Bertz CT molecular complexity index is 849. The second-order valence-corrected chi connectivity index (χ2v) is 5.20. The molecule has 21 heavy (non-hydrogen) atoms. The van der Waals surface area contributed by atoms with E-state index in [9.17, 15) is 14.0 Å². The Balaban J connectivity index is 2.61. The lowest BCUT2D eigenvalue weighted by atomic mass is 10.2. The van der Waals surface area contributed by atoms with Gasteiger partial charge in [0.2, 0.25) is 0 Å². The van der Waals surface area contributed by atoms with Crippen molar-refractivity contribution >= 4 is 15.9 Å². The van der Waals surface area contributed by atoms with E-state index < -0.39 is 17.1 Å². The van der Waals surface area contributed by atoms with Crippen molar-refractivity contribution < 1.29 is 4.39 Å². The van der Waals surface area contributed by atoms with Crippen LogP contribution in [0.15, 0.2) is 38.5 Å². The van der Waals surface area contributed by atoms with Crippen molar-refractivity contribution in [2.75, 3.05) is 0 Å². The molecule has 0 fully saturated rings. The molecule has 0 radical (unpaired) electrons. The molecule has 0 N–H and O–H groups in total. The standard InChI is InChI=1S/C14H11BrFN3O2/c1-2-18-7-10(6-17)13(20)19(14(18)21)8-9-3-4-11(16)5-12(9)15/h3-5,7H,2,8H2,1H3. The van der Waals surface area contributed by atoms with Crippen LogP contribution in [0.3, 0.4) is 0 Å². The van der Waals surface area contributed by atoms with E-state index in [1.807, 2.05) is 0 Å². The number of hydrogen-bond acceptors (Lipinski definition) is 3. The summed E-state index contributed by atoms with van der Waals surface area (Å²) in [5.41, 5.74) is -0.677. The van der Waals surface area contributed by atoms with Crippen LogP contribution < -0.4 is 11.2 Å². The summed E-state index contributed by atoms with van der Waals surface area (Å²) in [6.07, 6.45) is 1.25. The predicted octanol–water partition coefficient (Wildman–Crippen LogP) is 1.85. The van der Waals surface area contributed by atoms with E-state index in [-0.39, 0.29) is 12.1 Å². The molecule has 108 valence electrons. The summed E-state index contributed by atoms with van der Waals surface area (Å²) in [7, 11) is 0. The molecule has 2 rings (SSSR count). The highest BCUT2D eigenvalue weighted by molar-refractivity contribution is 9.10. The van der Waals surface area contributed by atoms with Crippen molar-refractivity contribution in [1.29, 1.82) is 5.26 Å². The Labute approximate surface area is 128 Å². The summed E-state index contributed by atoms with van der Waals surface area (Å²) in [6.45, 7) is 2.05. The Morgan fingerprint density at radius 2 is 2.10 bits per heavy atom. The molecule has 2 aromatic rings. The number of nitrogens with zero attached hydrogens (tertiary/aromatic N) is 3. The molecule has 1 aromatic heterocycles. The fraction of sp³-hybridized carbons (Fsp3) is 0.214. The van der Waals surface area contributed by atoms with Crippen LogP contribution in [-0.2, 0) is 13.1 Å². The maximum Gasteiger partial charge on any atom is 0.331 e. The van der Waals surface area contributed by atoms with Gasteiger partial charge in [-0.2, -0.15) is 5.26 Å². The second kappa shape index (κ2) is 6.06. The number of nitriles is 1. The average molecular weight is 352 g/mol. The van der Waals surface area contributed by atoms with E-state index in [0.29, 0.717) is 16.6 Å². The van der Waals surface area contributed by atoms with Crippen molar-refractivity contribution in [3.05, 3.63) is 66.7 Å². The van der Waals surface area contributed by atoms with Crippen LogP contribution >= 0.6 is 15.9 Å². The summed E-state index contributed by atoms with van der Waals surface area (Å²) >= 11 is 3.20. The van der Waals surface area contributed by atoms with Crippen molar-refractivity contribution in [1.82, 2.24) is 9.13 Å². The first-order valence-electron chi connectivity index (χ1n) is 6.16. The Hall–Kier alpha value is -2.20. The maximum absolute atomic E-state index is 13.1. The number of benzene rings is 1. The number of aromatic nitrogens is 2. The first kappa shape index (κ1) is 15.2. The number of rotatable bonds is 3. The number of hydrogen-bond donors (Lipinski definition) is 0. The molecular weight excluding hydrogens is 341 g/mol. The fourth-order valence-electron chi connectivity index (χ4n) is 1.92. The topological polar surface area (TPSA) is 67.8 Å². The number of aryl methyl sites for hydroxylation is 1. The molecule has 0 aliphatic carbocycles. The zero-order chi connectivity index (χ0) is 15.6. The fourth-order valence-corrected chi connectivity index (χ4v) is 2.39. The normalized spacial score (nSPS) is 10.4. The predicted molar refractivity (Wildman–Crippen MR) is 78.6 cm³/mol. The van der Waals surface area contributed by atoms with Gasteiger partial charge in [0.15, 0.2) is 0 Å². The lowest BCUT2D eigenvalue weighted by Crippen LogP contribution is -2.41. The Kier molecular flexibility index (Phi) is 4.38. The molecule has 0 bridgehead atoms. The van der Waals surface area contributed by atoms with Gasteiger partial charge in [0, 0.05) is 17.2 Å². The largest absolute Gasteiger partial charge is 0.331 e. The smallest absolute Gasteiger partial charge is 0.299 e. The zero-order valence-electron chi connectivity index (χ0n) is 11.1. The van der Waals surface area contributed by atoms with E-state index in [0.717, 1.165) is 4.57 Å². The van der Waals surface area contributed by atoms with Gasteiger partial charge in [0.1, 0.15) is 17.4 Å². The summed E-state index contributed by atoms with van der Waals surface area (Å²) in [5.74, 6) is -0.422. The first-order chi connectivity index (χ1) is 9.97. The van der Waals surface area contributed by atoms with Crippen LogP contribution in [0.2, 0.25) is 0 Å². The molecule has 5 nitrogen and oxygen atoms in total. The van der Waals surface area contributed by atoms with Crippen LogP contribution in [0.25, 0.3) is 0 Å². The summed E-state index contributed by atoms with van der Waals surface area (Å²) in [4.78, 5) is 24.3. The van der Waals surface area contributed by atoms with Crippen molar-refractivity contribution in [3.63, 3.8) is 0 Å². The number of halogens is 2. The van der Waals surface area contributed by atoms with Gasteiger partial charge in [-0.15, -0.1) is 0 Å². The molecule has 7 heteroatoms. The molecule has 0 saturated heterocycles. The van der Waals surface area contributed by atoms with E-state index >= 15 is 0 Å². The Morgan fingerprint density at radius 1 is 1.38 bits per heavy atom. The van der Waals surface area contributed by atoms with Gasteiger partial charge >= 0.3 is 5.69 Å². The van der Waals surface area contributed by atoms with Crippen LogP contribution in [0.4, 0.5) is 4.39 Å². The third kappa shape index (κ3) is 2.95. The lowest BCUT2D eigenvalue weighted by Gasteiger charge is -2.10. The molecule has 0 atom stereocenters. The second-order valence-electron chi connectivity index (χ2n) is 4.35. The summed E-state index contributed by atoms with van der Waals surface area (Å²) in [5, 5.41) is 8.97. The van der Waals surface area contributed by atoms with Gasteiger partial charge in [-0.1, -0.05) is 22.0 Å². The minimum absolute atomic E-state index is 0.0337. The third-order valence-corrected chi connectivity index (χ3v) is 3.78. The third-order valence-electron chi connectivity index (χ3n) is 3.04. The minimum Gasteiger partial charge on any atom is -0.299 e. The molecule has 0 unspecified atom stereocenters. The highest BCUT2D eigenvalue weighted by Crippen LogP contribution is 2.18. The molecule has 0 aliphatic rings. The van der Waals surface area contributed by atoms with Crippen molar-refractivity contribution in [2.24, 2.45) is 0 Å². The van der Waals surface area contributed by atoms with Crippen LogP contribution in [0.1, 0.15) is 18.1 Å². The summed E-state index contributed by atoms with van der Waals surface area (Å²) in [6, 6.07) is 5.77. The van der Waals surface area contributed by atoms with E-state index in [4.69, 9.17) is 5.26 Å². The van der Waals surface area contributed by atoms with Gasteiger partial charge in [0.25, 0.3) is 5.56 Å². The lowest BCUT2D eigenvalue weighted by molar-refractivity contribution is 0.594. The van der Waals surface area contributed by atoms with Crippen molar-refractivity contribution in [2.45, 2.75) is 20.0 Å². The van der Waals surface area contributed by atoms with Crippen LogP contribution in [0, 0.1) is 17.1 Å². The zero-order valence-corrected chi connectivity index (χ0v) is 12.7. The molecule has 0 spiro atoms. The van der Waals surface area contributed by atoms with Crippen molar-refractivity contribution in [3.8, 4) is 6.07 Å². The van der Waals surface area contributed by atoms with Gasteiger partial charge in [-0.25, -0.2) is 9.18 Å². The quantitative estimate of drug-likeness (QED) is 0.847. The van der Waals surface area contributed by atoms with E-state index in [1.54, 1.807) is 13.0 Å². The molecule has 0 amide bonds. The summed E-state index contributed by atoms with van der Waals surface area (Å²) < 4.78 is 15.8. The average Bonchev–Trinajstić information content (AvgIpc) is 2.46. The van der Waals surface area contributed by atoms with E-state index in [2.05, 4.69) is 15.9 Å². The maximum atomic E-state index is 13.1. The minimum atomic E-state index is -0.650. The highest BCUT2D eigenvalue weighted by atomic mass is 79.9. The van der Waals surface area contributed by atoms with Crippen LogP contribution in [-0.4, -0.2) is 9.13 Å².